The van der Waals surface area contributed by atoms with Crippen LogP contribution in [-0.2, 0) is 21.4 Å². The molecule has 0 bridgehead atoms. The lowest BCUT2D eigenvalue weighted by Gasteiger charge is -2.18. The smallest absolute Gasteiger partial charge is 0.341 e. The molecule has 0 unspecified atom stereocenters. The Labute approximate surface area is 158 Å². The topological polar surface area (TPSA) is 72.9 Å². The van der Waals surface area contributed by atoms with E-state index < -0.39 is 27.4 Å². The predicted molar refractivity (Wildman–Crippen MR) is 98.6 cm³/mol. The Morgan fingerprint density at radius 2 is 1.70 bits per heavy atom. The largest absolute Gasteiger partial charge is 0.497 e. The molecule has 0 N–H and O–H groups in total. The van der Waals surface area contributed by atoms with Gasteiger partial charge in [-0.1, -0.05) is 26.0 Å². The van der Waals surface area contributed by atoms with Crippen molar-refractivity contribution in [2.75, 3.05) is 20.2 Å². The van der Waals surface area contributed by atoms with Crippen molar-refractivity contribution in [1.29, 1.82) is 0 Å². The van der Waals surface area contributed by atoms with Gasteiger partial charge < -0.3 is 9.47 Å². The minimum atomic E-state index is -3.80. The Kier molecular flexibility index (Phi) is 6.92. The van der Waals surface area contributed by atoms with E-state index in [1.807, 2.05) is 0 Å². The highest BCUT2D eigenvalue weighted by molar-refractivity contribution is 7.89. The second kappa shape index (κ2) is 8.96. The van der Waals surface area contributed by atoms with Gasteiger partial charge >= 0.3 is 5.97 Å². The Morgan fingerprint density at radius 3 is 2.26 bits per heavy atom. The van der Waals surface area contributed by atoms with Gasteiger partial charge in [0.15, 0.2) is 0 Å². The molecular weight excluding hydrogens is 373 g/mol. The highest BCUT2D eigenvalue weighted by Gasteiger charge is 2.24. The van der Waals surface area contributed by atoms with Gasteiger partial charge in [-0.05, 0) is 35.9 Å². The Balaban J connectivity index is 2.20. The van der Waals surface area contributed by atoms with Gasteiger partial charge in [-0.25, -0.2) is 17.6 Å². The summed E-state index contributed by atoms with van der Waals surface area (Å²) in [6, 6.07) is 9.96. The number of hydrogen-bond acceptors (Lipinski definition) is 5. The lowest BCUT2D eigenvalue weighted by Crippen LogP contribution is -2.30. The zero-order valence-electron chi connectivity index (χ0n) is 15.4. The first-order valence-corrected chi connectivity index (χ1v) is 9.87. The summed E-state index contributed by atoms with van der Waals surface area (Å²) < 4.78 is 50.6. The van der Waals surface area contributed by atoms with Crippen LogP contribution in [0.25, 0.3) is 0 Å². The van der Waals surface area contributed by atoms with E-state index in [1.165, 1.54) is 11.4 Å². The molecule has 6 nitrogen and oxygen atoms in total. The van der Waals surface area contributed by atoms with Crippen molar-refractivity contribution in [3.05, 3.63) is 59.4 Å². The van der Waals surface area contributed by atoms with Gasteiger partial charge in [0.2, 0.25) is 10.0 Å². The molecule has 0 amide bonds. The molecular formula is C19H22FNO5S. The Morgan fingerprint density at radius 1 is 1.07 bits per heavy atom. The fraction of sp³-hybridized carbons (Fsp3) is 0.316. The van der Waals surface area contributed by atoms with Crippen molar-refractivity contribution in [2.45, 2.75) is 25.3 Å². The molecule has 0 spiro atoms. The van der Waals surface area contributed by atoms with Crippen LogP contribution in [0.3, 0.4) is 0 Å². The molecule has 2 aromatic rings. The van der Waals surface area contributed by atoms with Gasteiger partial charge in [0.25, 0.3) is 0 Å². The molecule has 2 aromatic carbocycles. The van der Waals surface area contributed by atoms with E-state index in [0.29, 0.717) is 11.3 Å². The average molecular weight is 395 g/mol. The van der Waals surface area contributed by atoms with Crippen molar-refractivity contribution in [3.63, 3.8) is 0 Å². The van der Waals surface area contributed by atoms with E-state index in [1.54, 1.807) is 38.1 Å². The van der Waals surface area contributed by atoms with E-state index in [-0.39, 0.29) is 24.6 Å². The summed E-state index contributed by atoms with van der Waals surface area (Å²) in [7, 11) is -2.27. The van der Waals surface area contributed by atoms with Crippen LogP contribution >= 0.6 is 0 Å². The molecule has 0 heterocycles. The normalized spacial score (nSPS) is 11.4. The SMILES string of the molecule is CCN(CC)S(=O)(=O)c1ccc(F)c(C(=O)OCc2ccc(OC)cc2)c1. The van der Waals surface area contributed by atoms with E-state index >= 15 is 0 Å². The third-order valence-corrected chi connectivity index (χ3v) is 6.08. The number of carbonyl (C=O) groups excluding carboxylic acids is 1. The quantitative estimate of drug-likeness (QED) is 0.642. The van der Waals surface area contributed by atoms with Crippen LogP contribution in [0.15, 0.2) is 47.4 Å². The van der Waals surface area contributed by atoms with Crippen LogP contribution in [0.4, 0.5) is 4.39 Å². The van der Waals surface area contributed by atoms with E-state index in [2.05, 4.69) is 0 Å². The van der Waals surface area contributed by atoms with Crippen LogP contribution in [0, 0.1) is 5.82 Å². The molecule has 0 radical (unpaired) electrons. The number of carbonyl (C=O) groups is 1. The van der Waals surface area contributed by atoms with Crippen LogP contribution < -0.4 is 4.74 Å². The van der Waals surface area contributed by atoms with Gasteiger partial charge in [0, 0.05) is 13.1 Å². The van der Waals surface area contributed by atoms with Crippen molar-refractivity contribution < 1.29 is 27.1 Å². The maximum atomic E-state index is 14.1. The van der Waals surface area contributed by atoms with Crippen molar-refractivity contribution >= 4 is 16.0 Å². The first kappa shape index (κ1) is 20.9. The molecule has 2 rings (SSSR count). The van der Waals surface area contributed by atoms with Crippen molar-refractivity contribution in [2.24, 2.45) is 0 Å². The van der Waals surface area contributed by atoms with Crippen LogP contribution in [0.5, 0.6) is 5.75 Å². The summed E-state index contributed by atoms with van der Waals surface area (Å²) >= 11 is 0. The highest BCUT2D eigenvalue weighted by atomic mass is 32.2. The number of sulfonamides is 1. The molecule has 0 atom stereocenters. The van der Waals surface area contributed by atoms with Crippen molar-refractivity contribution in [3.8, 4) is 5.75 Å². The average Bonchev–Trinajstić information content (AvgIpc) is 2.67. The fourth-order valence-electron chi connectivity index (χ4n) is 2.48. The molecule has 27 heavy (non-hydrogen) atoms. The van der Waals surface area contributed by atoms with Crippen LogP contribution in [-0.4, -0.2) is 38.9 Å². The van der Waals surface area contributed by atoms with Crippen molar-refractivity contribution in [1.82, 2.24) is 4.31 Å². The lowest BCUT2D eigenvalue weighted by molar-refractivity contribution is 0.0467. The molecule has 0 aliphatic carbocycles. The number of rotatable bonds is 8. The molecule has 146 valence electrons. The lowest BCUT2D eigenvalue weighted by atomic mass is 10.2. The first-order chi connectivity index (χ1) is 12.8. The molecule has 0 aromatic heterocycles. The molecule has 0 fully saturated rings. The third kappa shape index (κ3) is 4.84. The second-order valence-corrected chi connectivity index (χ2v) is 7.59. The summed E-state index contributed by atoms with van der Waals surface area (Å²) in [4.78, 5) is 12.1. The highest BCUT2D eigenvalue weighted by Crippen LogP contribution is 2.20. The summed E-state index contributed by atoms with van der Waals surface area (Å²) in [6.45, 7) is 3.87. The second-order valence-electron chi connectivity index (χ2n) is 5.66. The maximum Gasteiger partial charge on any atom is 0.341 e. The molecule has 0 aliphatic rings. The standard InChI is InChI=1S/C19H22FNO5S/c1-4-21(5-2)27(23,24)16-10-11-18(20)17(12-16)19(22)26-13-14-6-8-15(25-3)9-7-14/h6-12H,4-5,13H2,1-3H3. The van der Waals surface area contributed by atoms with Gasteiger partial charge in [0.1, 0.15) is 18.2 Å². The fourth-order valence-corrected chi connectivity index (χ4v) is 3.97. The summed E-state index contributed by atoms with van der Waals surface area (Å²) in [5, 5.41) is 0. The van der Waals surface area contributed by atoms with Crippen LogP contribution in [0.1, 0.15) is 29.8 Å². The number of ether oxygens (including phenoxy) is 2. The number of esters is 1. The minimum Gasteiger partial charge on any atom is -0.497 e. The molecule has 0 saturated carbocycles. The predicted octanol–water partition coefficient (Wildman–Crippen LogP) is 3.22. The number of methoxy groups -OCH3 is 1. The zero-order chi connectivity index (χ0) is 20.0. The van der Waals surface area contributed by atoms with Gasteiger partial charge in [-0.3, -0.25) is 0 Å². The summed E-state index contributed by atoms with van der Waals surface area (Å²) in [5.41, 5.74) is 0.271. The number of benzene rings is 2. The number of nitrogens with zero attached hydrogens (tertiary/aromatic N) is 1. The maximum absolute atomic E-state index is 14.1. The monoisotopic (exact) mass is 395 g/mol. The number of hydrogen-bond donors (Lipinski definition) is 0. The summed E-state index contributed by atoms with van der Waals surface area (Å²) in [6.07, 6.45) is 0. The zero-order valence-corrected chi connectivity index (χ0v) is 16.3. The molecule has 0 aliphatic heterocycles. The van der Waals surface area contributed by atoms with Gasteiger partial charge in [-0.15, -0.1) is 0 Å². The number of halogens is 1. The molecule has 0 saturated heterocycles. The Bertz CT molecular complexity index is 893. The van der Waals surface area contributed by atoms with E-state index in [0.717, 1.165) is 18.2 Å². The van der Waals surface area contributed by atoms with Gasteiger partial charge in [0.05, 0.1) is 17.6 Å². The minimum absolute atomic E-state index is 0.0741. The van der Waals surface area contributed by atoms with Crippen LogP contribution in [0.2, 0.25) is 0 Å². The first-order valence-electron chi connectivity index (χ1n) is 8.43. The summed E-state index contributed by atoms with van der Waals surface area (Å²) in [5.74, 6) is -1.11. The third-order valence-electron chi connectivity index (χ3n) is 4.03. The Hall–Kier alpha value is -2.45. The van der Waals surface area contributed by atoms with E-state index in [4.69, 9.17) is 9.47 Å². The van der Waals surface area contributed by atoms with Gasteiger partial charge in [-0.2, -0.15) is 4.31 Å². The molecule has 8 heteroatoms. The van der Waals surface area contributed by atoms with E-state index in [9.17, 15) is 17.6 Å².